The van der Waals surface area contributed by atoms with Crippen molar-refractivity contribution in [3.63, 3.8) is 0 Å². The topological polar surface area (TPSA) is 76.2 Å². The SMILES string of the molecule is C=C[C@@H](N)c1cnc(C(=O)O)c(Br)c1. The van der Waals surface area contributed by atoms with E-state index in [-0.39, 0.29) is 11.7 Å². The van der Waals surface area contributed by atoms with Gasteiger partial charge in [0.2, 0.25) is 0 Å². The molecule has 4 nitrogen and oxygen atoms in total. The van der Waals surface area contributed by atoms with Crippen LogP contribution in [0.1, 0.15) is 22.1 Å². The second-order valence-corrected chi connectivity index (χ2v) is 3.52. The Morgan fingerprint density at radius 1 is 1.79 bits per heavy atom. The number of pyridine rings is 1. The Morgan fingerprint density at radius 2 is 2.43 bits per heavy atom. The third-order valence-corrected chi connectivity index (χ3v) is 2.31. The molecule has 1 rings (SSSR count). The van der Waals surface area contributed by atoms with E-state index in [0.717, 1.165) is 5.56 Å². The van der Waals surface area contributed by atoms with Crippen LogP contribution in [0.5, 0.6) is 0 Å². The van der Waals surface area contributed by atoms with Gasteiger partial charge in [-0.15, -0.1) is 6.58 Å². The molecule has 5 heteroatoms. The van der Waals surface area contributed by atoms with Gasteiger partial charge in [-0.25, -0.2) is 9.78 Å². The van der Waals surface area contributed by atoms with E-state index in [1.807, 2.05) is 0 Å². The first kappa shape index (κ1) is 10.9. The molecule has 14 heavy (non-hydrogen) atoms. The Kier molecular flexibility index (Phi) is 3.38. The van der Waals surface area contributed by atoms with Crippen molar-refractivity contribution in [3.8, 4) is 0 Å². The predicted molar refractivity (Wildman–Crippen MR) is 56.0 cm³/mol. The largest absolute Gasteiger partial charge is 0.476 e. The molecule has 0 fully saturated rings. The molecule has 1 aromatic heterocycles. The maximum atomic E-state index is 10.6. The van der Waals surface area contributed by atoms with Gasteiger partial charge in [-0.2, -0.15) is 0 Å². The van der Waals surface area contributed by atoms with Crippen LogP contribution in [-0.4, -0.2) is 16.1 Å². The van der Waals surface area contributed by atoms with Crippen LogP contribution in [0.25, 0.3) is 0 Å². The molecule has 0 saturated heterocycles. The van der Waals surface area contributed by atoms with Gasteiger partial charge in [-0.1, -0.05) is 6.08 Å². The lowest BCUT2D eigenvalue weighted by Crippen LogP contribution is -2.09. The molecule has 0 aliphatic carbocycles. The normalized spacial score (nSPS) is 12.1. The van der Waals surface area contributed by atoms with Crippen molar-refractivity contribution >= 4 is 21.9 Å². The summed E-state index contributed by atoms with van der Waals surface area (Å²) in [6.45, 7) is 3.54. The summed E-state index contributed by atoms with van der Waals surface area (Å²) >= 11 is 3.11. The number of aromatic carboxylic acids is 1. The lowest BCUT2D eigenvalue weighted by atomic mass is 10.1. The minimum Gasteiger partial charge on any atom is -0.476 e. The summed E-state index contributed by atoms with van der Waals surface area (Å²) in [5.74, 6) is -1.07. The van der Waals surface area contributed by atoms with E-state index in [0.29, 0.717) is 4.47 Å². The van der Waals surface area contributed by atoms with Gasteiger partial charge in [0.1, 0.15) is 0 Å². The molecule has 0 unspecified atom stereocenters. The van der Waals surface area contributed by atoms with Crippen molar-refractivity contribution in [1.82, 2.24) is 4.98 Å². The summed E-state index contributed by atoms with van der Waals surface area (Å²) in [5.41, 5.74) is 6.36. The average molecular weight is 257 g/mol. The smallest absolute Gasteiger partial charge is 0.355 e. The van der Waals surface area contributed by atoms with Crippen molar-refractivity contribution in [2.24, 2.45) is 5.73 Å². The maximum absolute atomic E-state index is 10.6. The van der Waals surface area contributed by atoms with Crippen molar-refractivity contribution in [1.29, 1.82) is 0 Å². The van der Waals surface area contributed by atoms with E-state index in [9.17, 15) is 4.79 Å². The Bertz CT molecular complexity index is 379. The highest BCUT2D eigenvalue weighted by atomic mass is 79.9. The molecule has 1 heterocycles. The number of hydrogen-bond acceptors (Lipinski definition) is 3. The van der Waals surface area contributed by atoms with Gasteiger partial charge in [-0.3, -0.25) is 0 Å². The molecule has 0 spiro atoms. The van der Waals surface area contributed by atoms with E-state index in [4.69, 9.17) is 10.8 Å². The fourth-order valence-corrected chi connectivity index (χ4v) is 1.46. The highest BCUT2D eigenvalue weighted by Crippen LogP contribution is 2.19. The third-order valence-electron chi connectivity index (χ3n) is 1.70. The average Bonchev–Trinajstić information content (AvgIpc) is 2.15. The second kappa shape index (κ2) is 4.34. The number of carboxylic acids is 1. The molecule has 0 amide bonds. The summed E-state index contributed by atoms with van der Waals surface area (Å²) in [4.78, 5) is 14.4. The lowest BCUT2D eigenvalue weighted by Gasteiger charge is -2.07. The molecule has 1 atom stereocenters. The first-order chi connectivity index (χ1) is 6.56. The highest BCUT2D eigenvalue weighted by molar-refractivity contribution is 9.10. The van der Waals surface area contributed by atoms with Crippen LogP contribution in [0.15, 0.2) is 29.4 Å². The zero-order valence-corrected chi connectivity index (χ0v) is 8.86. The summed E-state index contributed by atoms with van der Waals surface area (Å²) < 4.78 is 0.416. The van der Waals surface area contributed by atoms with Crippen molar-refractivity contribution < 1.29 is 9.90 Å². The van der Waals surface area contributed by atoms with Crippen LogP contribution in [0.4, 0.5) is 0 Å². The molecular weight excluding hydrogens is 248 g/mol. The second-order valence-electron chi connectivity index (χ2n) is 2.67. The van der Waals surface area contributed by atoms with Crippen LogP contribution in [0.2, 0.25) is 0 Å². The van der Waals surface area contributed by atoms with Gasteiger partial charge >= 0.3 is 5.97 Å². The van der Waals surface area contributed by atoms with Gasteiger partial charge in [0.15, 0.2) is 5.69 Å². The monoisotopic (exact) mass is 256 g/mol. The minimum absolute atomic E-state index is 0.0231. The van der Waals surface area contributed by atoms with Gasteiger partial charge < -0.3 is 10.8 Å². The van der Waals surface area contributed by atoms with Gasteiger partial charge in [0, 0.05) is 12.2 Å². The van der Waals surface area contributed by atoms with Crippen LogP contribution < -0.4 is 5.73 Å². The summed E-state index contributed by atoms with van der Waals surface area (Å²) in [5, 5.41) is 8.71. The summed E-state index contributed by atoms with van der Waals surface area (Å²) in [6.07, 6.45) is 2.99. The van der Waals surface area contributed by atoms with Crippen LogP contribution in [0.3, 0.4) is 0 Å². The predicted octanol–water partition coefficient (Wildman–Crippen LogP) is 1.73. The molecule has 0 aliphatic rings. The zero-order valence-electron chi connectivity index (χ0n) is 7.27. The van der Waals surface area contributed by atoms with E-state index in [1.165, 1.54) is 6.20 Å². The number of rotatable bonds is 3. The molecule has 74 valence electrons. The van der Waals surface area contributed by atoms with E-state index >= 15 is 0 Å². The molecule has 0 aliphatic heterocycles. The maximum Gasteiger partial charge on any atom is 0.355 e. The number of aromatic nitrogens is 1. The van der Waals surface area contributed by atoms with Crippen molar-refractivity contribution in [2.45, 2.75) is 6.04 Å². The quantitative estimate of drug-likeness (QED) is 0.808. The molecule has 0 radical (unpaired) electrons. The first-order valence-corrected chi connectivity index (χ1v) is 4.62. The van der Waals surface area contributed by atoms with Gasteiger partial charge in [0.05, 0.1) is 4.47 Å². The molecule has 1 aromatic rings. The standard InChI is InChI=1S/C9H9BrN2O2/c1-2-7(11)5-3-6(10)8(9(13)14)12-4-5/h2-4,7H,1,11H2,(H,13,14)/t7-/m1/s1. The minimum atomic E-state index is -1.07. The Labute approximate surface area is 89.6 Å². The Balaban J connectivity index is 3.12. The van der Waals surface area contributed by atoms with Gasteiger partial charge in [-0.05, 0) is 27.6 Å². The lowest BCUT2D eigenvalue weighted by molar-refractivity contribution is 0.0689. The fourth-order valence-electron chi connectivity index (χ4n) is 0.928. The first-order valence-electron chi connectivity index (χ1n) is 3.83. The number of halogens is 1. The number of nitrogens with two attached hydrogens (primary N) is 1. The van der Waals surface area contributed by atoms with Crippen LogP contribution >= 0.6 is 15.9 Å². The molecular formula is C9H9BrN2O2. The summed E-state index contributed by atoms with van der Waals surface area (Å²) in [7, 11) is 0. The Hall–Kier alpha value is -1.20. The van der Waals surface area contributed by atoms with E-state index in [1.54, 1.807) is 12.1 Å². The Morgan fingerprint density at radius 3 is 2.86 bits per heavy atom. The van der Waals surface area contributed by atoms with Crippen molar-refractivity contribution in [2.75, 3.05) is 0 Å². The number of carboxylic acid groups (broad SMARTS) is 1. The van der Waals surface area contributed by atoms with Crippen molar-refractivity contribution in [3.05, 3.63) is 40.6 Å². The number of hydrogen-bond donors (Lipinski definition) is 2. The molecule has 0 saturated carbocycles. The molecule has 3 N–H and O–H groups in total. The molecule has 0 bridgehead atoms. The number of nitrogens with zero attached hydrogens (tertiary/aromatic N) is 1. The fraction of sp³-hybridized carbons (Fsp3) is 0.111. The summed E-state index contributed by atoms with van der Waals surface area (Å²) in [6, 6.07) is 1.30. The molecule has 0 aromatic carbocycles. The number of carbonyl (C=O) groups is 1. The van der Waals surface area contributed by atoms with Gasteiger partial charge in [0.25, 0.3) is 0 Å². The zero-order chi connectivity index (χ0) is 10.7. The van der Waals surface area contributed by atoms with E-state index < -0.39 is 5.97 Å². The van der Waals surface area contributed by atoms with Crippen LogP contribution in [-0.2, 0) is 0 Å². The third kappa shape index (κ3) is 2.18. The van der Waals surface area contributed by atoms with E-state index in [2.05, 4.69) is 27.5 Å². The van der Waals surface area contributed by atoms with Crippen LogP contribution in [0, 0.1) is 0 Å². The highest BCUT2D eigenvalue weighted by Gasteiger charge is 2.11.